The third kappa shape index (κ3) is 4.15. The zero-order valence-corrected chi connectivity index (χ0v) is 14.3. The van der Waals surface area contributed by atoms with Gasteiger partial charge in [-0.3, -0.25) is 9.69 Å². The van der Waals surface area contributed by atoms with Gasteiger partial charge in [0.05, 0.1) is 0 Å². The van der Waals surface area contributed by atoms with Gasteiger partial charge < -0.3 is 0 Å². The molecule has 0 spiro atoms. The number of carbonyl (C=O) groups excluding carboxylic acids is 1. The lowest BCUT2D eigenvalue weighted by Crippen LogP contribution is -2.30. The van der Waals surface area contributed by atoms with Crippen LogP contribution in [0.25, 0.3) is 0 Å². The highest BCUT2D eigenvalue weighted by Crippen LogP contribution is 2.23. The maximum Gasteiger partial charge on any atom is 0.261 e. The van der Waals surface area contributed by atoms with E-state index >= 15 is 0 Å². The number of halogens is 2. The molecular weight excluding hydrogens is 329 g/mol. The summed E-state index contributed by atoms with van der Waals surface area (Å²) in [5.74, 6) is -0.410. The maximum absolute atomic E-state index is 11.7. The van der Waals surface area contributed by atoms with Gasteiger partial charge in [-0.15, -0.1) is 10.2 Å². The summed E-state index contributed by atoms with van der Waals surface area (Å²) in [7, 11) is 1.58. The molecule has 21 heavy (non-hydrogen) atoms. The van der Waals surface area contributed by atoms with Gasteiger partial charge in [0.15, 0.2) is 4.84 Å². The lowest BCUT2D eigenvalue weighted by atomic mass is 10.1. The SMILES string of the molecule is Cc1cc(C)cc(Cc2nnc(N(C)C(=O)C(Cl)Cl)s2)c1. The van der Waals surface area contributed by atoms with E-state index in [4.69, 9.17) is 23.2 Å². The summed E-state index contributed by atoms with van der Waals surface area (Å²) < 4.78 is 0. The summed E-state index contributed by atoms with van der Waals surface area (Å²) in [4.78, 5) is 11.9. The van der Waals surface area contributed by atoms with Crippen molar-refractivity contribution in [1.82, 2.24) is 10.2 Å². The normalized spacial score (nSPS) is 11.0. The van der Waals surface area contributed by atoms with E-state index in [1.165, 1.54) is 32.9 Å². The first-order valence-corrected chi connectivity index (χ1v) is 8.01. The molecule has 0 aliphatic heterocycles. The Morgan fingerprint density at radius 3 is 2.43 bits per heavy atom. The van der Waals surface area contributed by atoms with Crippen molar-refractivity contribution >= 4 is 45.6 Å². The van der Waals surface area contributed by atoms with E-state index in [1.807, 2.05) is 0 Å². The molecule has 112 valence electrons. The van der Waals surface area contributed by atoms with Crippen LogP contribution in [0.15, 0.2) is 18.2 Å². The number of nitrogens with zero attached hydrogens (tertiary/aromatic N) is 3. The number of carbonyl (C=O) groups is 1. The summed E-state index contributed by atoms with van der Waals surface area (Å²) in [6.07, 6.45) is 0.688. The molecule has 0 fully saturated rings. The monoisotopic (exact) mass is 343 g/mol. The molecule has 7 heteroatoms. The van der Waals surface area contributed by atoms with Gasteiger partial charge in [-0.05, 0) is 19.4 Å². The molecule has 0 unspecified atom stereocenters. The van der Waals surface area contributed by atoms with Crippen molar-refractivity contribution in [1.29, 1.82) is 0 Å². The van der Waals surface area contributed by atoms with Crippen LogP contribution in [-0.4, -0.2) is 28.0 Å². The van der Waals surface area contributed by atoms with E-state index in [0.29, 0.717) is 11.6 Å². The Hall–Kier alpha value is -1.17. The van der Waals surface area contributed by atoms with Crippen molar-refractivity contribution in [2.45, 2.75) is 25.1 Å². The molecule has 0 radical (unpaired) electrons. The summed E-state index contributed by atoms with van der Waals surface area (Å²) in [6, 6.07) is 6.37. The fourth-order valence-electron chi connectivity index (χ4n) is 2.04. The second kappa shape index (κ2) is 6.73. The van der Waals surface area contributed by atoms with Crippen LogP contribution in [0.2, 0.25) is 0 Å². The van der Waals surface area contributed by atoms with Crippen molar-refractivity contribution in [3.05, 3.63) is 39.9 Å². The maximum atomic E-state index is 11.7. The van der Waals surface area contributed by atoms with Crippen LogP contribution in [0.4, 0.5) is 5.13 Å². The molecule has 0 aliphatic carbocycles. The molecule has 2 rings (SSSR count). The predicted molar refractivity (Wildman–Crippen MR) is 87.5 cm³/mol. The highest BCUT2D eigenvalue weighted by atomic mass is 35.5. The first-order chi connectivity index (χ1) is 9.86. The predicted octanol–water partition coefficient (Wildman–Crippen LogP) is 3.51. The number of benzene rings is 1. The molecule has 0 saturated carbocycles. The summed E-state index contributed by atoms with van der Waals surface area (Å²) in [6.45, 7) is 4.13. The molecule has 0 atom stereocenters. The van der Waals surface area contributed by atoms with Crippen molar-refractivity contribution in [2.24, 2.45) is 0 Å². The van der Waals surface area contributed by atoms with Crippen molar-refractivity contribution in [2.75, 3.05) is 11.9 Å². The molecule has 4 nitrogen and oxygen atoms in total. The minimum absolute atomic E-state index is 0.410. The van der Waals surface area contributed by atoms with Gasteiger partial charge in [0.25, 0.3) is 5.91 Å². The van der Waals surface area contributed by atoms with Crippen LogP contribution in [0.3, 0.4) is 0 Å². The number of aromatic nitrogens is 2. The number of anilines is 1. The Balaban J connectivity index is 2.15. The highest BCUT2D eigenvalue weighted by molar-refractivity contribution is 7.15. The third-order valence-electron chi connectivity index (χ3n) is 2.90. The van der Waals surface area contributed by atoms with Crippen molar-refractivity contribution in [3.63, 3.8) is 0 Å². The number of hydrogen-bond donors (Lipinski definition) is 0. The fraction of sp³-hybridized carbons (Fsp3) is 0.357. The first kappa shape index (κ1) is 16.2. The minimum atomic E-state index is -1.10. The standard InChI is InChI=1S/C14H15Cl2N3OS/c1-8-4-9(2)6-10(5-8)7-11-17-18-14(21-11)19(3)13(20)12(15)16/h4-6,12H,7H2,1-3H3. The third-order valence-corrected chi connectivity index (χ3v) is 4.27. The van der Waals surface area contributed by atoms with Crippen molar-refractivity contribution in [3.8, 4) is 0 Å². The molecule has 1 amide bonds. The number of aryl methyl sites for hydroxylation is 2. The van der Waals surface area contributed by atoms with Crippen LogP contribution in [0.5, 0.6) is 0 Å². The molecule has 0 aliphatic rings. The molecule has 0 N–H and O–H groups in total. The Bertz CT molecular complexity index is 637. The van der Waals surface area contributed by atoms with Crippen LogP contribution in [-0.2, 0) is 11.2 Å². The van der Waals surface area contributed by atoms with Crippen LogP contribution in [0, 0.1) is 13.8 Å². The topological polar surface area (TPSA) is 46.1 Å². The Kier molecular flexibility index (Phi) is 5.19. The van der Waals surface area contributed by atoms with E-state index in [1.54, 1.807) is 7.05 Å². The van der Waals surface area contributed by atoms with Crippen molar-refractivity contribution < 1.29 is 4.79 Å². The van der Waals surface area contributed by atoms with Gasteiger partial charge in [-0.25, -0.2) is 0 Å². The average Bonchev–Trinajstić information content (AvgIpc) is 2.84. The summed E-state index contributed by atoms with van der Waals surface area (Å²) in [5, 5.41) is 9.47. The summed E-state index contributed by atoms with van der Waals surface area (Å²) >= 11 is 12.5. The molecule has 1 heterocycles. The van der Waals surface area contributed by atoms with Gasteiger partial charge in [0, 0.05) is 13.5 Å². The van der Waals surface area contributed by atoms with E-state index in [0.717, 1.165) is 5.01 Å². The number of amides is 1. The minimum Gasteiger partial charge on any atom is -0.287 e. The molecule has 0 bridgehead atoms. The number of alkyl halides is 2. The van der Waals surface area contributed by atoms with E-state index in [-0.39, 0.29) is 0 Å². The molecular formula is C14H15Cl2N3OS. The molecule has 2 aromatic rings. The molecule has 0 saturated heterocycles. The van der Waals surface area contributed by atoms with E-state index in [2.05, 4.69) is 42.2 Å². The zero-order chi connectivity index (χ0) is 15.6. The zero-order valence-electron chi connectivity index (χ0n) is 11.9. The Morgan fingerprint density at radius 1 is 1.24 bits per heavy atom. The molecule has 1 aromatic carbocycles. The quantitative estimate of drug-likeness (QED) is 0.798. The average molecular weight is 344 g/mol. The Morgan fingerprint density at radius 2 is 1.86 bits per heavy atom. The lowest BCUT2D eigenvalue weighted by Gasteiger charge is -2.12. The number of rotatable bonds is 4. The van der Waals surface area contributed by atoms with E-state index in [9.17, 15) is 4.79 Å². The van der Waals surface area contributed by atoms with Gasteiger partial charge in [-0.2, -0.15) is 0 Å². The smallest absolute Gasteiger partial charge is 0.261 e. The Labute approximate surface area is 137 Å². The van der Waals surface area contributed by atoms with Crippen LogP contribution < -0.4 is 4.90 Å². The van der Waals surface area contributed by atoms with Crippen LogP contribution in [0.1, 0.15) is 21.7 Å². The van der Waals surface area contributed by atoms with Gasteiger partial charge >= 0.3 is 0 Å². The van der Waals surface area contributed by atoms with Crippen LogP contribution >= 0.6 is 34.5 Å². The van der Waals surface area contributed by atoms with Gasteiger partial charge in [0.2, 0.25) is 5.13 Å². The number of hydrogen-bond acceptors (Lipinski definition) is 4. The second-order valence-electron chi connectivity index (χ2n) is 4.85. The second-order valence-corrected chi connectivity index (χ2v) is 6.99. The van der Waals surface area contributed by atoms with Gasteiger partial charge in [-0.1, -0.05) is 63.9 Å². The highest BCUT2D eigenvalue weighted by Gasteiger charge is 2.21. The lowest BCUT2D eigenvalue weighted by molar-refractivity contribution is -0.116. The fourth-order valence-corrected chi connectivity index (χ4v) is 3.17. The van der Waals surface area contributed by atoms with Gasteiger partial charge in [0.1, 0.15) is 5.01 Å². The molecule has 1 aromatic heterocycles. The summed E-state index contributed by atoms with van der Waals surface area (Å²) in [5.41, 5.74) is 3.61. The van der Waals surface area contributed by atoms with E-state index < -0.39 is 10.7 Å². The largest absolute Gasteiger partial charge is 0.287 e. The first-order valence-electron chi connectivity index (χ1n) is 6.32.